The molecular formula is C15H21NO2. The molecule has 1 aromatic rings. The van der Waals surface area contributed by atoms with Crippen molar-refractivity contribution >= 4 is 5.97 Å². The van der Waals surface area contributed by atoms with Crippen LogP contribution in [0, 0.1) is 0 Å². The van der Waals surface area contributed by atoms with Gasteiger partial charge in [-0.1, -0.05) is 25.1 Å². The predicted octanol–water partition coefficient (Wildman–Crippen LogP) is 2.17. The van der Waals surface area contributed by atoms with E-state index in [-0.39, 0.29) is 6.42 Å². The van der Waals surface area contributed by atoms with E-state index in [1.165, 1.54) is 17.5 Å². The number of nitrogens with one attached hydrogen (secondary N) is 1. The van der Waals surface area contributed by atoms with Crippen LogP contribution in [-0.2, 0) is 24.1 Å². The molecule has 0 aliphatic heterocycles. The van der Waals surface area contributed by atoms with Gasteiger partial charge in [0.25, 0.3) is 0 Å². The molecule has 0 saturated heterocycles. The molecule has 0 radical (unpaired) electrons. The molecule has 1 atom stereocenters. The van der Waals surface area contributed by atoms with Gasteiger partial charge in [0, 0.05) is 6.04 Å². The Morgan fingerprint density at radius 3 is 3.00 bits per heavy atom. The summed E-state index contributed by atoms with van der Waals surface area (Å²) in [6, 6.07) is 6.68. The van der Waals surface area contributed by atoms with Gasteiger partial charge in [-0.15, -0.1) is 0 Å². The standard InChI is InChI=1S/C15H21NO2/c1-2-7-16-14-6-5-12-4-3-11(9-15(17)18)8-13(12)10-14/h3-4,8,14,16H,2,5-7,9-10H2,1H3,(H,17,18). The molecule has 0 aromatic heterocycles. The second-order valence-corrected chi connectivity index (χ2v) is 5.07. The SMILES string of the molecule is CCCNC1CCc2ccc(CC(=O)O)cc2C1. The number of hydrogen-bond donors (Lipinski definition) is 2. The summed E-state index contributed by atoms with van der Waals surface area (Å²) >= 11 is 0. The van der Waals surface area contributed by atoms with Gasteiger partial charge in [0.15, 0.2) is 0 Å². The van der Waals surface area contributed by atoms with Crippen molar-refractivity contribution in [1.82, 2.24) is 5.32 Å². The fourth-order valence-electron chi connectivity index (χ4n) is 2.62. The highest BCUT2D eigenvalue weighted by Gasteiger charge is 2.18. The van der Waals surface area contributed by atoms with Gasteiger partial charge >= 0.3 is 5.97 Å². The molecule has 98 valence electrons. The number of fused-ring (bicyclic) bond motifs is 1. The van der Waals surface area contributed by atoms with Gasteiger partial charge < -0.3 is 10.4 Å². The Morgan fingerprint density at radius 1 is 1.44 bits per heavy atom. The van der Waals surface area contributed by atoms with Crippen LogP contribution in [0.3, 0.4) is 0 Å². The summed E-state index contributed by atoms with van der Waals surface area (Å²) in [5, 5.41) is 12.4. The zero-order chi connectivity index (χ0) is 13.0. The van der Waals surface area contributed by atoms with Crippen molar-refractivity contribution in [3.8, 4) is 0 Å². The van der Waals surface area contributed by atoms with E-state index in [4.69, 9.17) is 5.11 Å². The van der Waals surface area contributed by atoms with E-state index >= 15 is 0 Å². The molecule has 0 heterocycles. The summed E-state index contributed by atoms with van der Waals surface area (Å²) in [5.74, 6) is -0.758. The third-order valence-electron chi connectivity index (χ3n) is 3.54. The van der Waals surface area contributed by atoms with Crippen LogP contribution in [-0.4, -0.2) is 23.7 Å². The molecule has 0 amide bonds. The summed E-state index contributed by atoms with van der Waals surface area (Å²) in [6.45, 7) is 3.24. The lowest BCUT2D eigenvalue weighted by Crippen LogP contribution is -2.35. The lowest BCUT2D eigenvalue weighted by molar-refractivity contribution is -0.136. The predicted molar refractivity (Wildman–Crippen MR) is 71.9 cm³/mol. The van der Waals surface area contributed by atoms with Gasteiger partial charge in [-0.05, 0) is 48.9 Å². The number of carboxylic acid groups (broad SMARTS) is 1. The van der Waals surface area contributed by atoms with Crippen molar-refractivity contribution in [2.24, 2.45) is 0 Å². The summed E-state index contributed by atoms with van der Waals surface area (Å²) in [5.41, 5.74) is 3.63. The second kappa shape index (κ2) is 6.01. The molecule has 1 unspecified atom stereocenters. The smallest absolute Gasteiger partial charge is 0.307 e. The maximum absolute atomic E-state index is 10.7. The largest absolute Gasteiger partial charge is 0.481 e. The molecule has 3 heteroatoms. The first-order chi connectivity index (χ1) is 8.69. The van der Waals surface area contributed by atoms with Crippen molar-refractivity contribution in [2.75, 3.05) is 6.54 Å². The quantitative estimate of drug-likeness (QED) is 0.838. The van der Waals surface area contributed by atoms with Crippen LogP contribution in [0.2, 0.25) is 0 Å². The van der Waals surface area contributed by atoms with E-state index in [2.05, 4.69) is 24.4 Å². The molecule has 2 rings (SSSR count). The normalized spacial score (nSPS) is 18.4. The maximum Gasteiger partial charge on any atom is 0.307 e. The van der Waals surface area contributed by atoms with Crippen LogP contribution in [0.5, 0.6) is 0 Å². The molecule has 1 aliphatic rings. The Hall–Kier alpha value is -1.35. The molecule has 0 fully saturated rings. The van der Waals surface area contributed by atoms with Crippen molar-refractivity contribution in [1.29, 1.82) is 0 Å². The fraction of sp³-hybridized carbons (Fsp3) is 0.533. The molecule has 0 bridgehead atoms. The van der Waals surface area contributed by atoms with E-state index in [1.807, 2.05) is 6.07 Å². The van der Waals surface area contributed by atoms with Crippen LogP contribution in [0.4, 0.5) is 0 Å². The van der Waals surface area contributed by atoms with Gasteiger partial charge in [-0.25, -0.2) is 0 Å². The lowest BCUT2D eigenvalue weighted by atomic mass is 9.87. The van der Waals surface area contributed by atoms with E-state index in [9.17, 15) is 4.79 Å². The maximum atomic E-state index is 10.7. The van der Waals surface area contributed by atoms with Crippen molar-refractivity contribution in [2.45, 2.75) is 45.1 Å². The van der Waals surface area contributed by atoms with Crippen LogP contribution < -0.4 is 5.32 Å². The van der Waals surface area contributed by atoms with Gasteiger partial charge in [-0.2, -0.15) is 0 Å². The monoisotopic (exact) mass is 247 g/mol. The number of carbonyl (C=O) groups is 1. The van der Waals surface area contributed by atoms with Crippen LogP contribution in [0.15, 0.2) is 18.2 Å². The lowest BCUT2D eigenvalue weighted by Gasteiger charge is -2.26. The Labute approximate surface area is 108 Å². The van der Waals surface area contributed by atoms with Crippen molar-refractivity contribution in [3.05, 3.63) is 34.9 Å². The summed E-state index contributed by atoms with van der Waals surface area (Å²) in [4.78, 5) is 10.7. The van der Waals surface area contributed by atoms with E-state index in [0.29, 0.717) is 6.04 Å². The van der Waals surface area contributed by atoms with Gasteiger partial charge in [0.2, 0.25) is 0 Å². The topological polar surface area (TPSA) is 49.3 Å². The molecule has 0 spiro atoms. The average molecular weight is 247 g/mol. The van der Waals surface area contributed by atoms with E-state index in [0.717, 1.165) is 31.4 Å². The number of benzene rings is 1. The Bertz CT molecular complexity index is 429. The number of aryl methyl sites for hydroxylation is 1. The molecule has 18 heavy (non-hydrogen) atoms. The summed E-state index contributed by atoms with van der Waals surface area (Å²) in [7, 11) is 0. The minimum Gasteiger partial charge on any atom is -0.481 e. The Balaban J connectivity index is 2.06. The highest BCUT2D eigenvalue weighted by atomic mass is 16.4. The van der Waals surface area contributed by atoms with E-state index in [1.54, 1.807) is 0 Å². The molecule has 0 saturated carbocycles. The fourth-order valence-corrected chi connectivity index (χ4v) is 2.62. The first-order valence-electron chi connectivity index (χ1n) is 6.75. The first-order valence-corrected chi connectivity index (χ1v) is 6.75. The minimum atomic E-state index is -0.758. The molecule has 1 aliphatic carbocycles. The summed E-state index contributed by atoms with van der Waals surface area (Å²) in [6.07, 6.45) is 4.60. The zero-order valence-electron chi connectivity index (χ0n) is 10.9. The number of aliphatic carboxylic acids is 1. The molecule has 3 nitrogen and oxygen atoms in total. The van der Waals surface area contributed by atoms with Crippen LogP contribution in [0.1, 0.15) is 36.5 Å². The van der Waals surface area contributed by atoms with Crippen LogP contribution in [0.25, 0.3) is 0 Å². The molecular weight excluding hydrogens is 226 g/mol. The molecule has 1 aromatic carbocycles. The van der Waals surface area contributed by atoms with Crippen LogP contribution >= 0.6 is 0 Å². The minimum absolute atomic E-state index is 0.125. The van der Waals surface area contributed by atoms with E-state index < -0.39 is 5.97 Å². The highest BCUT2D eigenvalue weighted by molar-refractivity contribution is 5.70. The van der Waals surface area contributed by atoms with Crippen molar-refractivity contribution in [3.63, 3.8) is 0 Å². The molecule has 2 N–H and O–H groups in total. The third kappa shape index (κ3) is 3.33. The first kappa shape index (κ1) is 13.1. The van der Waals surface area contributed by atoms with Gasteiger partial charge in [0.1, 0.15) is 0 Å². The number of rotatable bonds is 5. The Morgan fingerprint density at radius 2 is 2.28 bits per heavy atom. The highest BCUT2D eigenvalue weighted by Crippen LogP contribution is 2.23. The second-order valence-electron chi connectivity index (χ2n) is 5.07. The van der Waals surface area contributed by atoms with Gasteiger partial charge in [-0.3, -0.25) is 4.79 Å². The summed E-state index contributed by atoms with van der Waals surface area (Å²) < 4.78 is 0. The zero-order valence-corrected chi connectivity index (χ0v) is 10.9. The Kier molecular flexibility index (Phi) is 4.37. The average Bonchev–Trinajstić information content (AvgIpc) is 2.35. The number of carboxylic acids is 1. The number of hydrogen-bond acceptors (Lipinski definition) is 2. The third-order valence-corrected chi connectivity index (χ3v) is 3.54. The van der Waals surface area contributed by atoms with Crippen molar-refractivity contribution < 1.29 is 9.90 Å². The van der Waals surface area contributed by atoms with Gasteiger partial charge in [0.05, 0.1) is 6.42 Å².